The second kappa shape index (κ2) is 6.60. The third kappa shape index (κ3) is 3.07. The van der Waals surface area contributed by atoms with Crippen molar-refractivity contribution in [2.45, 2.75) is 11.8 Å². The summed E-state index contributed by atoms with van der Waals surface area (Å²) in [6.45, 7) is 1.89. The molecule has 4 aromatic rings. The van der Waals surface area contributed by atoms with Gasteiger partial charge in [-0.2, -0.15) is 0 Å². The topological polar surface area (TPSA) is 77.7 Å². The van der Waals surface area contributed by atoms with E-state index < -0.39 is 10.0 Å². The molecule has 0 atom stereocenters. The first-order valence-electron chi connectivity index (χ1n) is 7.84. The van der Waals surface area contributed by atoms with Gasteiger partial charge in [-0.25, -0.2) is 27.3 Å². The first-order chi connectivity index (χ1) is 12.9. The molecule has 0 fully saturated rings. The minimum atomic E-state index is -3.86. The van der Waals surface area contributed by atoms with E-state index in [2.05, 4.69) is 15.0 Å². The lowest BCUT2D eigenvalue weighted by Crippen LogP contribution is -2.12. The Morgan fingerprint density at radius 2 is 1.78 bits per heavy atom. The summed E-state index contributed by atoms with van der Waals surface area (Å²) >= 11 is 12.1. The number of aromatic nitrogens is 4. The van der Waals surface area contributed by atoms with Gasteiger partial charge >= 0.3 is 0 Å². The molecule has 1 aromatic carbocycles. The summed E-state index contributed by atoms with van der Waals surface area (Å²) in [5.41, 5.74) is 2.09. The van der Waals surface area contributed by atoms with Gasteiger partial charge in [-0.15, -0.1) is 0 Å². The number of fused-ring (bicyclic) bond motifs is 1. The summed E-state index contributed by atoms with van der Waals surface area (Å²) < 4.78 is 27.5. The van der Waals surface area contributed by atoms with Crippen LogP contribution >= 0.6 is 23.2 Å². The predicted octanol–water partition coefficient (Wildman–Crippen LogP) is 4.35. The van der Waals surface area contributed by atoms with Gasteiger partial charge in [-0.3, -0.25) is 0 Å². The van der Waals surface area contributed by atoms with Crippen LogP contribution < -0.4 is 0 Å². The number of halogens is 2. The van der Waals surface area contributed by atoms with E-state index in [1.165, 1.54) is 18.6 Å². The van der Waals surface area contributed by atoms with Gasteiger partial charge in [0.25, 0.3) is 10.0 Å². The van der Waals surface area contributed by atoms with Crippen molar-refractivity contribution in [3.8, 4) is 11.3 Å². The third-order valence-electron chi connectivity index (χ3n) is 4.08. The molecule has 0 saturated heterocycles. The molecule has 27 heavy (non-hydrogen) atoms. The van der Waals surface area contributed by atoms with Crippen LogP contribution in [0.2, 0.25) is 10.3 Å². The zero-order chi connectivity index (χ0) is 19.2. The summed E-state index contributed by atoms with van der Waals surface area (Å²) in [5.74, 6) is 0. The molecule has 136 valence electrons. The lowest BCUT2D eigenvalue weighted by atomic mass is 10.1. The van der Waals surface area contributed by atoms with Gasteiger partial charge in [0, 0.05) is 23.3 Å². The molecule has 3 heterocycles. The molecule has 0 aliphatic heterocycles. The average molecular weight is 419 g/mol. The predicted molar refractivity (Wildman–Crippen MR) is 105 cm³/mol. The van der Waals surface area contributed by atoms with Crippen LogP contribution in [0.3, 0.4) is 0 Å². The number of hydrogen-bond donors (Lipinski definition) is 0. The second-order valence-electron chi connectivity index (χ2n) is 5.87. The summed E-state index contributed by atoms with van der Waals surface area (Å²) in [4.78, 5) is 12.4. The molecule has 0 saturated carbocycles. The highest BCUT2D eigenvalue weighted by molar-refractivity contribution is 7.90. The Hall–Kier alpha value is -2.48. The van der Waals surface area contributed by atoms with Crippen LogP contribution in [0.15, 0.2) is 59.9 Å². The first-order valence-corrected chi connectivity index (χ1v) is 10.0. The fourth-order valence-electron chi connectivity index (χ4n) is 2.76. The quantitative estimate of drug-likeness (QED) is 0.462. The standard InChI is InChI=1S/C18H12Cl2N4O2S/c1-11-4-6-12(7-5-11)27(25,26)24-10-14(13-3-2-8-21-17(13)24)16-15(19)9-22-18(20)23-16/h2-10H,1H3. The first kappa shape index (κ1) is 17.9. The van der Waals surface area contributed by atoms with Gasteiger partial charge in [0.05, 0.1) is 21.8 Å². The van der Waals surface area contributed by atoms with Gasteiger partial charge in [0.15, 0.2) is 5.65 Å². The molecule has 0 aliphatic rings. The van der Waals surface area contributed by atoms with Gasteiger partial charge in [0.1, 0.15) is 0 Å². The normalized spacial score (nSPS) is 11.8. The van der Waals surface area contributed by atoms with Crippen LogP contribution in [0, 0.1) is 6.92 Å². The Kier molecular flexibility index (Phi) is 4.38. The van der Waals surface area contributed by atoms with Crippen molar-refractivity contribution >= 4 is 44.3 Å². The SMILES string of the molecule is Cc1ccc(S(=O)(=O)n2cc(-c3nc(Cl)ncc3Cl)c3cccnc32)cc1. The maximum atomic E-state index is 13.2. The maximum absolute atomic E-state index is 13.2. The Bertz CT molecular complexity index is 1270. The van der Waals surface area contributed by atoms with Crippen LogP contribution in [0.25, 0.3) is 22.3 Å². The number of hydrogen-bond acceptors (Lipinski definition) is 5. The zero-order valence-corrected chi connectivity index (χ0v) is 16.3. The van der Waals surface area contributed by atoms with Crippen LogP contribution in [-0.4, -0.2) is 27.3 Å². The van der Waals surface area contributed by atoms with E-state index in [4.69, 9.17) is 23.2 Å². The second-order valence-corrected chi connectivity index (χ2v) is 8.43. The highest BCUT2D eigenvalue weighted by atomic mass is 35.5. The van der Waals surface area contributed by atoms with Crippen LogP contribution in [0.5, 0.6) is 0 Å². The lowest BCUT2D eigenvalue weighted by molar-refractivity contribution is 0.589. The minimum absolute atomic E-state index is 0.0144. The van der Waals surface area contributed by atoms with Crippen molar-refractivity contribution < 1.29 is 8.42 Å². The molecule has 3 aromatic heterocycles. The van der Waals surface area contributed by atoms with E-state index in [0.717, 1.165) is 9.54 Å². The molecule has 0 amide bonds. The van der Waals surface area contributed by atoms with Crippen molar-refractivity contribution in [2.24, 2.45) is 0 Å². The van der Waals surface area contributed by atoms with E-state index in [-0.39, 0.29) is 20.8 Å². The molecule has 0 N–H and O–H groups in total. The molecule has 0 radical (unpaired) electrons. The molecular weight excluding hydrogens is 407 g/mol. The Morgan fingerprint density at radius 3 is 2.52 bits per heavy atom. The fraction of sp³-hybridized carbons (Fsp3) is 0.0556. The van der Waals surface area contributed by atoms with Crippen LogP contribution in [-0.2, 0) is 10.0 Å². The Labute approximate surface area is 165 Å². The summed E-state index contributed by atoms with van der Waals surface area (Å²) in [6.07, 6.45) is 4.36. The van der Waals surface area contributed by atoms with Crippen molar-refractivity contribution in [3.63, 3.8) is 0 Å². The minimum Gasteiger partial charge on any atom is -0.237 e. The smallest absolute Gasteiger partial charge is 0.237 e. The molecule has 0 unspecified atom stereocenters. The highest BCUT2D eigenvalue weighted by Gasteiger charge is 2.24. The van der Waals surface area contributed by atoms with Crippen molar-refractivity contribution in [1.29, 1.82) is 0 Å². The number of aryl methyl sites for hydroxylation is 1. The number of rotatable bonds is 3. The zero-order valence-electron chi connectivity index (χ0n) is 14.0. The Balaban J connectivity index is 2.01. The van der Waals surface area contributed by atoms with E-state index in [1.807, 2.05) is 6.92 Å². The molecule has 4 rings (SSSR count). The molecule has 6 nitrogen and oxygen atoms in total. The third-order valence-corrected chi connectivity index (χ3v) is 6.20. The monoisotopic (exact) mass is 418 g/mol. The molecule has 0 bridgehead atoms. The molecule has 9 heteroatoms. The molecule has 0 spiro atoms. The molecule has 0 aliphatic carbocycles. The summed E-state index contributed by atoms with van der Waals surface area (Å²) in [6, 6.07) is 10.1. The highest BCUT2D eigenvalue weighted by Crippen LogP contribution is 2.34. The largest absolute Gasteiger partial charge is 0.269 e. The van der Waals surface area contributed by atoms with Gasteiger partial charge in [-0.1, -0.05) is 29.3 Å². The van der Waals surface area contributed by atoms with Crippen molar-refractivity contribution in [2.75, 3.05) is 0 Å². The average Bonchev–Trinajstić information content (AvgIpc) is 3.04. The van der Waals surface area contributed by atoms with Gasteiger partial charge in [0.2, 0.25) is 5.28 Å². The van der Waals surface area contributed by atoms with Gasteiger partial charge < -0.3 is 0 Å². The van der Waals surface area contributed by atoms with E-state index in [0.29, 0.717) is 16.6 Å². The number of benzene rings is 1. The number of nitrogens with zero attached hydrogens (tertiary/aromatic N) is 4. The van der Waals surface area contributed by atoms with E-state index >= 15 is 0 Å². The van der Waals surface area contributed by atoms with E-state index in [9.17, 15) is 8.42 Å². The Morgan fingerprint density at radius 1 is 1.04 bits per heavy atom. The lowest BCUT2D eigenvalue weighted by Gasteiger charge is -2.07. The summed E-state index contributed by atoms with van der Waals surface area (Å²) in [7, 11) is -3.86. The maximum Gasteiger partial charge on any atom is 0.269 e. The van der Waals surface area contributed by atoms with Crippen molar-refractivity contribution in [3.05, 3.63) is 70.9 Å². The fourth-order valence-corrected chi connectivity index (χ4v) is 4.41. The van der Waals surface area contributed by atoms with E-state index in [1.54, 1.807) is 36.4 Å². The van der Waals surface area contributed by atoms with Crippen molar-refractivity contribution in [1.82, 2.24) is 18.9 Å². The summed E-state index contributed by atoms with van der Waals surface area (Å²) in [5, 5.41) is 0.862. The van der Waals surface area contributed by atoms with Crippen LogP contribution in [0.1, 0.15) is 5.56 Å². The number of pyridine rings is 1. The van der Waals surface area contributed by atoms with Crippen LogP contribution in [0.4, 0.5) is 0 Å². The molecular formula is C18H12Cl2N4O2S. The van der Waals surface area contributed by atoms with Gasteiger partial charge in [-0.05, 0) is 42.8 Å².